The molecule has 7 nitrogen and oxygen atoms in total. The minimum atomic E-state index is -3.81. The molecular weight excluding hydrogens is 421 g/mol. The van der Waals surface area contributed by atoms with Gasteiger partial charge >= 0.3 is 0 Å². The molecule has 0 unspecified atom stereocenters. The van der Waals surface area contributed by atoms with E-state index in [-0.39, 0.29) is 21.8 Å². The van der Waals surface area contributed by atoms with E-state index in [2.05, 4.69) is 15.4 Å². The maximum Gasteiger partial charge on any atom is 0.261 e. The van der Waals surface area contributed by atoms with Crippen molar-refractivity contribution in [1.29, 1.82) is 0 Å². The number of hydrogen-bond acceptors (Lipinski definition) is 4. The van der Waals surface area contributed by atoms with E-state index in [1.807, 2.05) is 6.92 Å². The molecule has 0 aromatic heterocycles. The molecule has 0 fully saturated rings. The second kappa shape index (κ2) is 8.97. The van der Waals surface area contributed by atoms with Gasteiger partial charge in [0.2, 0.25) is 5.91 Å². The smallest absolute Gasteiger partial charge is 0.261 e. The largest absolute Gasteiger partial charge is 0.324 e. The van der Waals surface area contributed by atoms with E-state index < -0.39 is 27.7 Å². The summed E-state index contributed by atoms with van der Waals surface area (Å²) in [7, 11) is -3.81. The molecule has 0 aliphatic heterocycles. The Morgan fingerprint density at radius 2 is 1.45 bits per heavy atom. The molecule has 0 heterocycles. The van der Waals surface area contributed by atoms with Crippen molar-refractivity contribution in [3.05, 3.63) is 83.7 Å². The van der Waals surface area contributed by atoms with Gasteiger partial charge in [0.1, 0.15) is 5.82 Å². The van der Waals surface area contributed by atoms with E-state index in [1.54, 1.807) is 24.3 Å². The predicted octanol–water partition coefficient (Wildman–Crippen LogP) is 4.15. The summed E-state index contributed by atoms with van der Waals surface area (Å²) >= 11 is 0. The van der Waals surface area contributed by atoms with Crippen LogP contribution >= 0.6 is 0 Å². The number of benzene rings is 3. The Labute approximate surface area is 179 Å². The lowest BCUT2D eigenvalue weighted by Crippen LogP contribution is -2.15. The van der Waals surface area contributed by atoms with E-state index in [0.717, 1.165) is 11.6 Å². The Morgan fingerprint density at radius 3 is 2.06 bits per heavy atom. The predicted molar refractivity (Wildman–Crippen MR) is 117 cm³/mol. The van der Waals surface area contributed by atoms with Crippen LogP contribution in [0.2, 0.25) is 0 Å². The van der Waals surface area contributed by atoms with Gasteiger partial charge in [-0.15, -0.1) is 0 Å². The van der Waals surface area contributed by atoms with Gasteiger partial charge in [0, 0.05) is 23.9 Å². The maximum atomic E-state index is 13.7. The number of rotatable bonds is 6. The van der Waals surface area contributed by atoms with Crippen molar-refractivity contribution >= 4 is 38.9 Å². The third-order valence-electron chi connectivity index (χ3n) is 4.27. The molecule has 0 bridgehead atoms. The fourth-order valence-corrected chi connectivity index (χ4v) is 3.77. The van der Waals surface area contributed by atoms with Crippen LogP contribution in [0, 0.1) is 12.7 Å². The SMILES string of the molecule is CC(=O)Nc1cc(NC(=O)c2ccc(S(=O)(=O)Nc3ccc(C)cc3)cc2)ccc1F. The number of carbonyl (C=O) groups excluding carboxylic acids is 2. The Morgan fingerprint density at radius 1 is 0.839 bits per heavy atom. The highest BCUT2D eigenvalue weighted by molar-refractivity contribution is 7.92. The highest BCUT2D eigenvalue weighted by Gasteiger charge is 2.16. The van der Waals surface area contributed by atoms with Gasteiger partial charge in [-0.1, -0.05) is 17.7 Å². The van der Waals surface area contributed by atoms with Crippen molar-refractivity contribution in [2.75, 3.05) is 15.4 Å². The number of aryl methyl sites for hydroxylation is 1. The fourth-order valence-electron chi connectivity index (χ4n) is 2.71. The third-order valence-corrected chi connectivity index (χ3v) is 5.66. The van der Waals surface area contributed by atoms with E-state index in [4.69, 9.17) is 0 Å². The van der Waals surface area contributed by atoms with E-state index in [9.17, 15) is 22.4 Å². The second-order valence-corrected chi connectivity index (χ2v) is 8.51. The van der Waals surface area contributed by atoms with Gasteiger partial charge < -0.3 is 10.6 Å². The highest BCUT2D eigenvalue weighted by atomic mass is 32.2. The van der Waals surface area contributed by atoms with Crippen molar-refractivity contribution in [2.45, 2.75) is 18.7 Å². The monoisotopic (exact) mass is 441 g/mol. The molecule has 160 valence electrons. The van der Waals surface area contributed by atoms with Gasteiger partial charge in [-0.2, -0.15) is 0 Å². The average molecular weight is 441 g/mol. The minimum Gasteiger partial charge on any atom is -0.324 e. The topological polar surface area (TPSA) is 104 Å². The molecule has 3 aromatic carbocycles. The molecule has 0 saturated carbocycles. The van der Waals surface area contributed by atoms with Gasteiger partial charge in [-0.25, -0.2) is 12.8 Å². The molecule has 0 saturated heterocycles. The van der Waals surface area contributed by atoms with Gasteiger partial charge in [0.15, 0.2) is 0 Å². The lowest BCUT2D eigenvalue weighted by atomic mass is 10.2. The van der Waals surface area contributed by atoms with Gasteiger partial charge in [-0.3, -0.25) is 14.3 Å². The number of halogens is 1. The summed E-state index contributed by atoms with van der Waals surface area (Å²) in [5.74, 6) is -1.60. The summed E-state index contributed by atoms with van der Waals surface area (Å²) in [6.07, 6.45) is 0. The molecule has 0 aliphatic carbocycles. The summed E-state index contributed by atoms with van der Waals surface area (Å²) in [6.45, 7) is 3.14. The Bertz CT molecular complexity index is 1220. The number of carbonyl (C=O) groups is 2. The van der Waals surface area contributed by atoms with Crippen LogP contribution in [0.3, 0.4) is 0 Å². The lowest BCUT2D eigenvalue weighted by Gasteiger charge is -2.10. The summed E-state index contributed by atoms with van der Waals surface area (Å²) < 4.78 is 41.3. The molecule has 0 atom stereocenters. The van der Waals surface area contributed by atoms with Crippen LogP contribution in [-0.4, -0.2) is 20.2 Å². The molecule has 0 spiro atoms. The van der Waals surface area contributed by atoms with Gasteiger partial charge in [0.25, 0.3) is 15.9 Å². The van der Waals surface area contributed by atoms with Crippen molar-refractivity contribution < 1.29 is 22.4 Å². The van der Waals surface area contributed by atoms with Crippen LogP contribution in [0.15, 0.2) is 71.6 Å². The first kappa shape index (κ1) is 22.0. The zero-order chi connectivity index (χ0) is 22.6. The second-order valence-electron chi connectivity index (χ2n) is 6.83. The average Bonchev–Trinajstić information content (AvgIpc) is 2.72. The summed E-state index contributed by atoms with van der Waals surface area (Å²) in [4.78, 5) is 23.6. The quantitative estimate of drug-likeness (QED) is 0.535. The normalized spacial score (nSPS) is 10.9. The van der Waals surface area contributed by atoms with Gasteiger partial charge in [-0.05, 0) is 61.5 Å². The molecule has 3 N–H and O–H groups in total. The molecule has 31 heavy (non-hydrogen) atoms. The Balaban J connectivity index is 1.73. The molecule has 9 heteroatoms. The number of anilines is 3. The van der Waals surface area contributed by atoms with Crippen LogP contribution < -0.4 is 15.4 Å². The summed E-state index contributed by atoms with van der Waals surface area (Å²) in [5.41, 5.74) is 1.85. The summed E-state index contributed by atoms with van der Waals surface area (Å²) in [6, 6.07) is 16.0. The maximum absolute atomic E-state index is 13.7. The zero-order valence-electron chi connectivity index (χ0n) is 16.8. The number of sulfonamides is 1. The lowest BCUT2D eigenvalue weighted by molar-refractivity contribution is -0.114. The van der Waals surface area contributed by atoms with Crippen molar-refractivity contribution in [3.8, 4) is 0 Å². The molecule has 3 rings (SSSR count). The van der Waals surface area contributed by atoms with Crippen LogP contribution in [0.5, 0.6) is 0 Å². The van der Waals surface area contributed by atoms with E-state index >= 15 is 0 Å². The van der Waals surface area contributed by atoms with Crippen LogP contribution in [0.25, 0.3) is 0 Å². The van der Waals surface area contributed by atoms with Crippen molar-refractivity contribution in [3.63, 3.8) is 0 Å². The first-order chi connectivity index (χ1) is 14.6. The Hall–Kier alpha value is -3.72. The first-order valence-corrected chi connectivity index (χ1v) is 10.7. The molecule has 2 amide bonds. The van der Waals surface area contributed by atoms with Gasteiger partial charge in [0.05, 0.1) is 10.6 Å². The standard InChI is InChI=1S/C22H20FN3O4S/c1-14-3-7-17(8-4-14)26-31(29,30)19-10-5-16(6-11-19)22(28)25-18-9-12-20(23)21(13-18)24-15(2)27/h3-13,26H,1-2H3,(H,24,27)(H,25,28). The minimum absolute atomic E-state index is 0.000600. The van der Waals surface area contributed by atoms with Crippen LogP contribution in [-0.2, 0) is 14.8 Å². The molecule has 0 radical (unpaired) electrons. The number of amides is 2. The van der Waals surface area contributed by atoms with Crippen molar-refractivity contribution in [1.82, 2.24) is 0 Å². The van der Waals surface area contributed by atoms with E-state index in [1.165, 1.54) is 43.3 Å². The highest BCUT2D eigenvalue weighted by Crippen LogP contribution is 2.21. The summed E-state index contributed by atoms with van der Waals surface area (Å²) in [5, 5.41) is 4.92. The first-order valence-electron chi connectivity index (χ1n) is 9.22. The Kier molecular flexibility index (Phi) is 6.36. The fraction of sp³-hybridized carbons (Fsp3) is 0.0909. The third kappa shape index (κ3) is 5.67. The van der Waals surface area contributed by atoms with Crippen molar-refractivity contribution in [2.24, 2.45) is 0 Å². The molecular formula is C22H20FN3O4S. The molecule has 3 aromatic rings. The number of hydrogen-bond donors (Lipinski definition) is 3. The number of nitrogens with one attached hydrogen (secondary N) is 3. The van der Waals surface area contributed by atoms with Crippen LogP contribution in [0.4, 0.5) is 21.5 Å². The van der Waals surface area contributed by atoms with E-state index in [0.29, 0.717) is 5.69 Å². The van der Waals surface area contributed by atoms with Crippen LogP contribution in [0.1, 0.15) is 22.8 Å². The molecule has 0 aliphatic rings. The zero-order valence-corrected chi connectivity index (χ0v) is 17.6.